The molecule has 0 aliphatic heterocycles. The zero-order valence-corrected chi connectivity index (χ0v) is 14.2. The molecule has 120 valence electrons. The first-order valence-corrected chi connectivity index (χ1v) is 7.66. The van der Waals surface area contributed by atoms with Crippen molar-refractivity contribution in [1.29, 1.82) is 0 Å². The third kappa shape index (κ3) is 6.93. The van der Waals surface area contributed by atoms with Gasteiger partial charge in [0.25, 0.3) is 5.91 Å². The lowest BCUT2D eigenvalue weighted by atomic mass is 10.0. The molecule has 4 N–H and O–H groups in total. The van der Waals surface area contributed by atoms with Crippen LogP contribution in [0, 0.1) is 5.92 Å². The smallest absolute Gasteiger partial charge is 0.261 e. The van der Waals surface area contributed by atoms with Crippen LogP contribution in [0.25, 0.3) is 0 Å². The molecule has 21 heavy (non-hydrogen) atoms. The number of halogens is 1. The van der Waals surface area contributed by atoms with E-state index < -0.39 is 6.04 Å². The molecular weight excluding hydrogens is 310 g/mol. The predicted octanol–water partition coefficient (Wildman–Crippen LogP) is 1.78. The van der Waals surface area contributed by atoms with Gasteiger partial charge in [0, 0.05) is 12.6 Å². The minimum atomic E-state index is -0.578. The van der Waals surface area contributed by atoms with Gasteiger partial charge in [-0.3, -0.25) is 9.59 Å². The molecule has 0 aliphatic rings. The molecule has 0 fully saturated rings. The minimum absolute atomic E-state index is 0. The van der Waals surface area contributed by atoms with Gasteiger partial charge in [0.15, 0.2) is 0 Å². The predicted molar refractivity (Wildman–Crippen MR) is 88.9 cm³/mol. The van der Waals surface area contributed by atoms with Crippen molar-refractivity contribution in [3.8, 4) is 0 Å². The maximum absolute atomic E-state index is 12.0. The van der Waals surface area contributed by atoms with E-state index in [0.717, 1.165) is 6.42 Å². The topological polar surface area (TPSA) is 84.2 Å². The molecule has 1 aromatic heterocycles. The Kier molecular flexibility index (Phi) is 9.24. The first-order chi connectivity index (χ1) is 9.43. The van der Waals surface area contributed by atoms with Crippen LogP contribution >= 0.6 is 23.7 Å². The second kappa shape index (κ2) is 9.76. The van der Waals surface area contributed by atoms with Crippen molar-refractivity contribution in [1.82, 2.24) is 10.6 Å². The van der Waals surface area contributed by atoms with E-state index in [1.54, 1.807) is 19.1 Å². The summed E-state index contributed by atoms with van der Waals surface area (Å²) in [7, 11) is 0. The van der Waals surface area contributed by atoms with Gasteiger partial charge in [-0.1, -0.05) is 19.9 Å². The number of rotatable bonds is 7. The molecule has 0 bridgehead atoms. The van der Waals surface area contributed by atoms with Crippen LogP contribution in [0.1, 0.15) is 36.9 Å². The van der Waals surface area contributed by atoms with E-state index in [1.807, 2.05) is 5.38 Å². The van der Waals surface area contributed by atoms with Gasteiger partial charge >= 0.3 is 0 Å². The molecule has 0 spiro atoms. The van der Waals surface area contributed by atoms with Crippen LogP contribution in [0.3, 0.4) is 0 Å². The Morgan fingerprint density at radius 2 is 1.95 bits per heavy atom. The van der Waals surface area contributed by atoms with Crippen molar-refractivity contribution in [2.75, 3.05) is 6.54 Å². The van der Waals surface area contributed by atoms with Gasteiger partial charge in [-0.2, -0.15) is 0 Å². The molecule has 1 rings (SSSR count). The average Bonchev–Trinajstić information content (AvgIpc) is 2.90. The lowest BCUT2D eigenvalue weighted by Crippen LogP contribution is -2.50. The Bertz CT molecular complexity index is 437. The molecule has 0 saturated heterocycles. The summed E-state index contributed by atoms with van der Waals surface area (Å²) in [4.78, 5) is 24.5. The number of hydrogen-bond acceptors (Lipinski definition) is 4. The minimum Gasteiger partial charge on any atom is -0.350 e. The van der Waals surface area contributed by atoms with E-state index in [4.69, 9.17) is 5.73 Å². The second-order valence-electron chi connectivity index (χ2n) is 5.24. The lowest BCUT2D eigenvalue weighted by Gasteiger charge is -2.21. The Balaban J connectivity index is 0.00000400. The Morgan fingerprint density at radius 3 is 2.43 bits per heavy atom. The average molecular weight is 334 g/mol. The molecule has 7 heteroatoms. The van der Waals surface area contributed by atoms with Gasteiger partial charge < -0.3 is 16.4 Å². The van der Waals surface area contributed by atoms with Gasteiger partial charge in [0.05, 0.1) is 4.88 Å². The highest BCUT2D eigenvalue weighted by atomic mass is 35.5. The van der Waals surface area contributed by atoms with Crippen molar-refractivity contribution in [3.05, 3.63) is 22.4 Å². The monoisotopic (exact) mass is 333 g/mol. The number of nitrogens with two attached hydrogens (primary N) is 1. The quantitative estimate of drug-likeness (QED) is 0.711. The van der Waals surface area contributed by atoms with E-state index in [-0.39, 0.29) is 30.3 Å². The fraction of sp³-hybridized carbons (Fsp3) is 0.571. The molecule has 0 aliphatic carbocycles. The Hall–Kier alpha value is -1.11. The van der Waals surface area contributed by atoms with Crippen LogP contribution in [0.15, 0.2) is 17.5 Å². The Morgan fingerprint density at radius 1 is 1.29 bits per heavy atom. The van der Waals surface area contributed by atoms with E-state index in [0.29, 0.717) is 17.3 Å². The molecular formula is C14H24ClN3O2S. The largest absolute Gasteiger partial charge is 0.350 e. The fourth-order valence-electron chi connectivity index (χ4n) is 1.85. The molecule has 1 heterocycles. The maximum atomic E-state index is 12.0. The highest BCUT2D eigenvalue weighted by Gasteiger charge is 2.20. The summed E-state index contributed by atoms with van der Waals surface area (Å²) in [5, 5.41) is 7.38. The third-order valence-corrected chi connectivity index (χ3v) is 3.74. The molecule has 0 radical (unpaired) electrons. The molecule has 2 atom stereocenters. The number of amides is 2. The number of carbonyl (C=O) groups excluding carboxylic acids is 2. The zero-order valence-electron chi connectivity index (χ0n) is 12.6. The molecule has 0 saturated carbocycles. The van der Waals surface area contributed by atoms with Gasteiger partial charge in [0.2, 0.25) is 5.91 Å². The van der Waals surface area contributed by atoms with Crippen LogP contribution in [0.5, 0.6) is 0 Å². The normalized spacial score (nSPS) is 13.2. The first kappa shape index (κ1) is 19.9. The maximum Gasteiger partial charge on any atom is 0.261 e. The summed E-state index contributed by atoms with van der Waals surface area (Å²) in [6.45, 7) is 6.23. The summed E-state index contributed by atoms with van der Waals surface area (Å²) < 4.78 is 0. The second-order valence-corrected chi connectivity index (χ2v) is 6.19. The van der Waals surface area contributed by atoms with Crippen molar-refractivity contribution in [2.45, 2.75) is 39.3 Å². The molecule has 2 unspecified atom stereocenters. The zero-order chi connectivity index (χ0) is 15.1. The van der Waals surface area contributed by atoms with Crippen LogP contribution in [0.2, 0.25) is 0 Å². The molecule has 0 aromatic carbocycles. The fourth-order valence-corrected chi connectivity index (χ4v) is 2.48. The van der Waals surface area contributed by atoms with Crippen LogP contribution in [-0.2, 0) is 4.79 Å². The van der Waals surface area contributed by atoms with Crippen molar-refractivity contribution in [3.63, 3.8) is 0 Å². The van der Waals surface area contributed by atoms with E-state index in [2.05, 4.69) is 24.5 Å². The summed E-state index contributed by atoms with van der Waals surface area (Å²) in [6.07, 6.45) is 0.827. The van der Waals surface area contributed by atoms with E-state index in [9.17, 15) is 9.59 Å². The molecule has 2 amide bonds. The van der Waals surface area contributed by atoms with Gasteiger partial charge in [0.1, 0.15) is 6.04 Å². The number of thiophene rings is 1. The number of hydrogen-bond donors (Lipinski definition) is 3. The van der Waals surface area contributed by atoms with Gasteiger partial charge in [-0.05, 0) is 30.7 Å². The standard InChI is InChI=1S/C14H23N3O2S.ClH/c1-9(2)7-11(8-15)17-13(18)10(3)16-14(19)12-5-4-6-20-12;/h4-6,9-11H,7-8,15H2,1-3H3,(H,16,19)(H,17,18);1H. The summed E-state index contributed by atoms with van der Waals surface area (Å²) in [6, 6.07) is 2.90. The highest BCUT2D eigenvalue weighted by Crippen LogP contribution is 2.08. The van der Waals surface area contributed by atoms with Crippen LogP contribution in [0.4, 0.5) is 0 Å². The Labute approximate surface area is 136 Å². The van der Waals surface area contributed by atoms with Crippen LogP contribution in [-0.4, -0.2) is 30.4 Å². The summed E-state index contributed by atoms with van der Waals surface area (Å²) in [5.74, 6) is 0.0293. The SMILES string of the molecule is CC(C)CC(CN)NC(=O)C(C)NC(=O)c1cccs1.Cl. The number of nitrogens with one attached hydrogen (secondary N) is 2. The van der Waals surface area contributed by atoms with Crippen molar-refractivity contribution in [2.24, 2.45) is 11.7 Å². The number of carbonyl (C=O) groups is 2. The highest BCUT2D eigenvalue weighted by molar-refractivity contribution is 7.12. The van der Waals surface area contributed by atoms with Crippen molar-refractivity contribution < 1.29 is 9.59 Å². The third-order valence-electron chi connectivity index (χ3n) is 2.87. The summed E-state index contributed by atoms with van der Waals surface area (Å²) in [5.41, 5.74) is 5.65. The van der Waals surface area contributed by atoms with Crippen LogP contribution < -0.4 is 16.4 Å². The molecule has 1 aromatic rings. The van der Waals surface area contributed by atoms with E-state index in [1.165, 1.54) is 11.3 Å². The lowest BCUT2D eigenvalue weighted by molar-refractivity contribution is -0.123. The van der Waals surface area contributed by atoms with Gasteiger partial charge in [-0.25, -0.2) is 0 Å². The van der Waals surface area contributed by atoms with Gasteiger partial charge in [-0.15, -0.1) is 23.7 Å². The molecule has 5 nitrogen and oxygen atoms in total. The first-order valence-electron chi connectivity index (χ1n) is 6.78. The summed E-state index contributed by atoms with van der Waals surface area (Å²) >= 11 is 1.35. The van der Waals surface area contributed by atoms with Crippen molar-refractivity contribution >= 4 is 35.6 Å². The van der Waals surface area contributed by atoms with E-state index >= 15 is 0 Å².